The Bertz CT molecular complexity index is 1670. The van der Waals surface area contributed by atoms with Gasteiger partial charge in [-0.2, -0.15) is 0 Å². The summed E-state index contributed by atoms with van der Waals surface area (Å²) >= 11 is 8.48. The Hall–Kier alpha value is -3.61. The molecule has 2 heterocycles. The molecule has 0 saturated carbocycles. The number of hydrogen-bond acceptors (Lipinski definition) is 5. The van der Waals surface area contributed by atoms with Crippen molar-refractivity contribution in [2.75, 3.05) is 13.2 Å². The number of imidazole rings is 2. The summed E-state index contributed by atoms with van der Waals surface area (Å²) in [6.07, 6.45) is 1.72. The predicted octanol–water partition coefficient (Wildman–Crippen LogP) is 5.54. The number of aromatic amines is 2. The molecule has 11 heteroatoms. The van der Waals surface area contributed by atoms with Crippen LogP contribution >= 0.6 is 34.2 Å². The molecule has 3 aromatic carbocycles. The first-order valence-electron chi connectivity index (χ1n) is 12.0. The van der Waals surface area contributed by atoms with Crippen LogP contribution in [-0.2, 0) is 6.42 Å². The fourth-order valence-corrected chi connectivity index (χ4v) is 5.01. The van der Waals surface area contributed by atoms with E-state index in [4.69, 9.17) is 21.4 Å². The molecular formula is C28H23ClFIN4O4. The molecule has 0 saturated heterocycles. The first-order valence-corrected chi connectivity index (χ1v) is 13.4. The maximum absolute atomic E-state index is 14.7. The highest BCUT2D eigenvalue weighted by Crippen LogP contribution is 2.34. The summed E-state index contributed by atoms with van der Waals surface area (Å²) < 4.78 is 22.1. The standard InChI is InChI=1S/C28H23ClFIN4O4/c29-21-4-2-1-3-17(21)13-24(26-32-15-23(33-26)20-10-7-18(31)14-22(20)30)35-27(37)25(34-28(35)38)16-5-8-19(9-6-16)39-12-11-36/h1-10,14-15,24,36-37H,11-13H2,(H,32,33)(H,34,38)/t24-/m0/s1. The molecule has 0 aliphatic heterocycles. The molecule has 0 bridgehead atoms. The maximum Gasteiger partial charge on any atom is 0.329 e. The van der Waals surface area contributed by atoms with E-state index in [9.17, 15) is 14.3 Å². The topological polar surface area (TPSA) is 116 Å². The van der Waals surface area contributed by atoms with Crippen LogP contribution in [0.1, 0.15) is 17.4 Å². The van der Waals surface area contributed by atoms with Gasteiger partial charge >= 0.3 is 5.69 Å². The molecule has 4 N–H and O–H groups in total. The second-order valence-corrected chi connectivity index (χ2v) is 10.4. The number of nitrogens with one attached hydrogen (secondary N) is 2. The third-order valence-electron chi connectivity index (χ3n) is 6.22. The molecule has 5 aromatic rings. The summed E-state index contributed by atoms with van der Waals surface area (Å²) in [5.74, 6) is 0.185. The van der Waals surface area contributed by atoms with Crippen LogP contribution in [0.3, 0.4) is 0 Å². The lowest BCUT2D eigenvalue weighted by molar-refractivity contribution is 0.201. The zero-order valence-electron chi connectivity index (χ0n) is 20.4. The lowest BCUT2D eigenvalue weighted by Gasteiger charge is -2.18. The van der Waals surface area contributed by atoms with Gasteiger partial charge in [0.05, 0.1) is 18.5 Å². The summed E-state index contributed by atoms with van der Waals surface area (Å²) in [5, 5.41) is 20.7. The van der Waals surface area contributed by atoms with Crippen molar-refractivity contribution in [3.63, 3.8) is 0 Å². The van der Waals surface area contributed by atoms with Crippen LogP contribution in [-0.4, -0.2) is 42.9 Å². The van der Waals surface area contributed by atoms with E-state index in [-0.39, 0.29) is 31.2 Å². The molecule has 200 valence electrons. The van der Waals surface area contributed by atoms with Gasteiger partial charge in [0.15, 0.2) is 0 Å². The summed E-state index contributed by atoms with van der Waals surface area (Å²) in [6.45, 7) is 0.0367. The van der Waals surface area contributed by atoms with Gasteiger partial charge in [-0.1, -0.05) is 29.8 Å². The molecule has 0 spiro atoms. The van der Waals surface area contributed by atoms with E-state index < -0.39 is 17.5 Å². The number of rotatable bonds is 9. The van der Waals surface area contributed by atoms with Crippen LogP contribution < -0.4 is 10.4 Å². The van der Waals surface area contributed by atoms with Gasteiger partial charge in [-0.25, -0.2) is 14.2 Å². The third-order valence-corrected chi connectivity index (χ3v) is 7.26. The van der Waals surface area contributed by atoms with Crippen molar-refractivity contribution in [3.8, 4) is 34.1 Å². The molecule has 0 radical (unpaired) electrons. The Balaban J connectivity index is 1.57. The van der Waals surface area contributed by atoms with Crippen molar-refractivity contribution in [1.29, 1.82) is 0 Å². The predicted molar refractivity (Wildman–Crippen MR) is 155 cm³/mol. The van der Waals surface area contributed by atoms with Crippen molar-refractivity contribution < 1.29 is 19.3 Å². The van der Waals surface area contributed by atoms with Gasteiger partial charge < -0.3 is 24.9 Å². The number of aromatic nitrogens is 4. The molecule has 1 atom stereocenters. The largest absolute Gasteiger partial charge is 0.493 e. The van der Waals surface area contributed by atoms with Crippen LogP contribution in [0.2, 0.25) is 5.02 Å². The highest BCUT2D eigenvalue weighted by molar-refractivity contribution is 14.1. The number of aromatic hydroxyl groups is 1. The Morgan fingerprint density at radius 2 is 1.87 bits per heavy atom. The molecule has 2 aromatic heterocycles. The summed E-state index contributed by atoms with van der Waals surface area (Å²) in [5.41, 5.74) is 1.72. The van der Waals surface area contributed by atoms with Crippen molar-refractivity contribution in [1.82, 2.24) is 19.5 Å². The second kappa shape index (κ2) is 11.6. The average molecular weight is 661 g/mol. The van der Waals surface area contributed by atoms with Crippen LogP contribution in [0.25, 0.3) is 22.5 Å². The minimum atomic E-state index is -0.796. The molecule has 0 amide bonds. The summed E-state index contributed by atoms with van der Waals surface area (Å²) in [7, 11) is 0. The van der Waals surface area contributed by atoms with E-state index in [2.05, 4.69) is 15.0 Å². The van der Waals surface area contributed by atoms with E-state index >= 15 is 0 Å². The number of halogens is 3. The van der Waals surface area contributed by atoms with E-state index in [0.29, 0.717) is 33.4 Å². The number of aliphatic hydroxyl groups excluding tert-OH is 1. The molecule has 0 aliphatic carbocycles. The van der Waals surface area contributed by atoms with E-state index in [1.54, 1.807) is 48.5 Å². The van der Waals surface area contributed by atoms with Gasteiger partial charge in [-0.05, 0) is 76.7 Å². The highest BCUT2D eigenvalue weighted by Gasteiger charge is 2.27. The van der Waals surface area contributed by atoms with E-state index in [1.165, 1.54) is 16.8 Å². The number of hydrogen-bond donors (Lipinski definition) is 4. The lowest BCUT2D eigenvalue weighted by atomic mass is 10.0. The monoisotopic (exact) mass is 660 g/mol. The number of aliphatic hydroxyl groups is 1. The van der Waals surface area contributed by atoms with E-state index in [0.717, 1.165) is 9.13 Å². The SMILES string of the molecule is O=c1[nH]c(-c2ccc(OCCO)cc2)c(O)n1[C@@H](Cc1ccccc1Cl)c1ncc(-c2ccc(I)cc2F)[nH]1. The third kappa shape index (κ3) is 5.72. The van der Waals surface area contributed by atoms with Gasteiger partial charge in [0, 0.05) is 26.1 Å². The quantitative estimate of drug-likeness (QED) is 0.155. The fraction of sp³-hybridized carbons (Fsp3) is 0.143. The molecular weight excluding hydrogens is 638 g/mol. The smallest absolute Gasteiger partial charge is 0.329 e. The van der Waals surface area contributed by atoms with E-state index in [1.807, 2.05) is 34.7 Å². The maximum atomic E-state index is 14.7. The van der Waals surface area contributed by atoms with Crippen molar-refractivity contribution in [2.45, 2.75) is 12.5 Å². The molecule has 0 fully saturated rings. The van der Waals surface area contributed by atoms with Crippen molar-refractivity contribution in [3.05, 3.63) is 109 Å². The van der Waals surface area contributed by atoms with Crippen LogP contribution in [0.4, 0.5) is 4.39 Å². The minimum absolute atomic E-state index is 0.115. The van der Waals surface area contributed by atoms with Crippen molar-refractivity contribution in [2.24, 2.45) is 0 Å². The Kier molecular flexibility index (Phi) is 8.05. The van der Waals surface area contributed by atoms with Gasteiger partial charge in [0.25, 0.3) is 0 Å². The zero-order chi connectivity index (χ0) is 27.5. The summed E-state index contributed by atoms with van der Waals surface area (Å²) in [6, 6.07) is 18.0. The molecule has 0 aliphatic rings. The lowest BCUT2D eigenvalue weighted by Crippen LogP contribution is -2.25. The molecule has 8 nitrogen and oxygen atoms in total. The minimum Gasteiger partial charge on any atom is -0.493 e. The fourth-order valence-electron chi connectivity index (χ4n) is 4.34. The first kappa shape index (κ1) is 27.0. The number of H-pyrrole nitrogens is 2. The van der Waals surface area contributed by atoms with Crippen LogP contribution in [0.5, 0.6) is 11.6 Å². The second-order valence-electron chi connectivity index (χ2n) is 8.71. The zero-order valence-corrected chi connectivity index (χ0v) is 23.3. The van der Waals surface area contributed by atoms with Gasteiger partial charge in [0.1, 0.15) is 35.7 Å². The number of nitrogens with zero attached hydrogens (tertiary/aromatic N) is 2. The Morgan fingerprint density at radius 1 is 1.10 bits per heavy atom. The average Bonchev–Trinajstić information content (AvgIpc) is 3.52. The Labute approximate surface area is 241 Å². The normalized spacial score (nSPS) is 12.0. The van der Waals surface area contributed by atoms with Crippen molar-refractivity contribution >= 4 is 34.2 Å². The van der Waals surface area contributed by atoms with Gasteiger partial charge in [0.2, 0.25) is 5.88 Å². The summed E-state index contributed by atoms with van der Waals surface area (Å²) in [4.78, 5) is 23.6. The van der Waals surface area contributed by atoms with Gasteiger partial charge in [-0.3, -0.25) is 4.57 Å². The molecule has 5 rings (SSSR count). The van der Waals surface area contributed by atoms with Crippen LogP contribution in [0, 0.1) is 9.39 Å². The number of ether oxygens (including phenoxy) is 1. The molecule has 39 heavy (non-hydrogen) atoms. The highest BCUT2D eigenvalue weighted by atomic mass is 127. The molecule has 0 unspecified atom stereocenters. The van der Waals surface area contributed by atoms with Gasteiger partial charge in [-0.15, -0.1) is 0 Å². The first-order chi connectivity index (χ1) is 18.9. The Morgan fingerprint density at radius 3 is 2.59 bits per heavy atom. The van der Waals surface area contributed by atoms with Crippen LogP contribution in [0.15, 0.2) is 77.7 Å². The number of benzene rings is 3.